The van der Waals surface area contributed by atoms with Gasteiger partial charge in [0.05, 0.1) is 17.1 Å². The molecule has 5 nitrogen and oxygen atoms in total. The third-order valence-electron chi connectivity index (χ3n) is 4.22. The van der Waals surface area contributed by atoms with Gasteiger partial charge in [-0.05, 0) is 41.3 Å². The highest BCUT2D eigenvalue weighted by atomic mass is 32.1. The van der Waals surface area contributed by atoms with Gasteiger partial charge in [-0.15, -0.1) is 11.3 Å². The van der Waals surface area contributed by atoms with E-state index in [1.807, 2.05) is 36.4 Å². The van der Waals surface area contributed by atoms with Crippen molar-refractivity contribution in [3.8, 4) is 28.1 Å². The molecule has 6 heteroatoms. The molecule has 5 rings (SSSR count). The highest BCUT2D eigenvalue weighted by Crippen LogP contribution is 2.36. The molecule has 0 aliphatic heterocycles. The maximum Gasteiger partial charge on any atom is 0.325 e. The number of aromatic hydroxyl groups is 1. The normalized spacial score (nSPS) is 11.1. The average Bonchev–Trinajstić information content (AvgIpc) is 3.12. The van der Waals surface area contributed by atoms with Crippen LogP contribution in [0.15, 0.2) is 73.1 Å². The Morgan fingerprint density at radius 2 is 1.81 bits per heavy atom. The summed E-state index contributed by atoms with van der Waals surface area (Å²) in [6, 6.07) is 20.0. The Hall–Kier alpha value is -3.51. The van der Waals surface area contributed by atoms with Gasteiger partial charge < -0.3 is 9.84 Å². The van der Waals surface area contributed by atoms with Gasteiger partial charge in [-0.25, -0.2) is 0 Å². The summed E-state index contributed by atoms with van der Waals surface area (Å²) in [5.74, 6) is 0.493. The first kappa shape index (κ1) is 15.7. The Labute approximate surface area is 158 Å². The van der Waals surface area contributed by atoms with Crippen molar-refractivity contribution in [1.82, 2.24) is 15.0 Å². The molecule has 1 N–H and O–H groups in total. The van der Waals surface area contributed by atoms with Crippen molar-refractivity contribution in [2.45, 2.75) is 0 Å². The molecule has 2 aromatic carbocycles. The van der Waals surface area contributed by atoms with Crippen LogP contribution in [0.25, 0.3) is 31.4 Å². The number of hydrogen-bond acceptors (Lipinski definition) is 6. The predicted molar refractivity (Wildman–Crippen MR) is 106 cm³/mol. The lowest BCUT2D eigenvalue weighted by Gasteiger charge is -2.06. The molecule has 0 unspecified atom stereocenters. The molecule has 0 spiro atoms. The Balaban J connectivity index is 1.50. The highest BCUT2D eigenvalue weighted by molar-refractivity contribution is 7.22. The summed E-state index contributed by atoms with van der Waals surface area (Å²) in [7, 11) is 0. The van der Waals surface area contributed by atoms with Crippen LogP contribution < -0.4 is 4.74 Å². The van der Waals surface area contributed by atoms with Gasteiger partial charge in [0.1, 0.15) is 5.75 Å². The fraction of sp³-hybridized carbons (Fsp3) is 0. The average molecular weight is 371 g/mol. The maximum atomic E-state index is 10.1. The second-order valence-electron chi connectivity index (χ2n) is 6.00. The van der Waals surface area contributed by atoms with Gasteiger partial charge >= 0.3 is 6.01 Å². The summed E-state index contributed by atoms with van der Waals surface area (Å²) in [6.45, 7) is 0. The van der Waals surface area contributed by atoms with Gasteiger partial charge in [0.25, 0.3) is 0 Å². The SMILES string of the molecule is Oc1nc(Oc2ccc3cc(-c4ccccc4)sc3c2)nc2cnccc12. The highest BCUT2D eigenvalue weighted by Gasteiger charge is 2.10. The van der Waals surface area contributed by atoms with Crippen LogP contribution in [-0.2, 0) is 0 Å². The zero-order valence-electron chi connectivity index (χ0n) is 14.0. The van der Waals surface area contributed by atoms with Crippen LogP contribution in [0.1, 0.15) is 0 Å². The summed E-state index contributed by atoms with van der Waals surface area (Å²) < 4.78 is 6.90. The molecule has 0 saturated carbocycles. The lowest BCUT2D eigenvalue weighted by molar-refractivity contribution is 0.412. The Kier molecular flexibility index (Phi) is 3.69. The summed E-state index contributed by atoms with van der Waals surface area (Å²) in [5.41, 5.74) is 1.72. The van der Waals surface area contributed by atoms with Crippen LogP contribution in [-0.4, -0.2) is 20.1 Å². The Bertz CT molecular complexity index is 1270. The zero-order valence-corrected chi connectivity index (χ0v) is 14.9. The molecular weight excluding hydrogens is 358 g/mol. The van der Waals surface area contributed by atoms with Crippen molar-refractivity contribution in [3.05, 3.63) is 73.1 Å². The summed E-state index contributed by atoms with van der Waals surface area (Å²) in [4.78, 5) is 13.6. The predicted octanol–water partition coefficient (Wildman–Crippen LogP) is 5.40. The van der Waals surface area contributed by atoms with Crippen LogP contribution in [0.5, 0.6) is 17.6 Å². The van der Waals surface area contributed by atoms with E-state index in [0.29, 0.717) is 16.7 Å². The molecule has 0 fully saturated rings. The number of nitrogens with zero attached hydrogens (tertiary/aromatic N) is 3. The number of pyridine rings is 1. The number of thiophene rings is 1. The maximum absolute atomic E-state index is 10.1. The molecule has 5 aromatic rings. The van der Waals surface area contributed by atoms with E-state index in [1.54, 1.807) is 29.8 Å². The Morgan fingerprint density at radius 3 is 2.70 bits per heavy atom. The molecule has 130 valence electrons. The van der Waals surface area contributed by atoms with Crippen LogP contribution >= 0.6 is 11.3 Å². The smallest absolute Gasteiger partial charge is 0.325 e. The van der Waals surface area contributed by atoms with E-state index < -0.39 is 0 Å². The van der Waals surface area contributed by atoms with Gasteiger partial charge in [-0.1, -0.05) is 30.3 Å². The second-order valence-corrected chi connectivity index (χ2v) is 7.08. The molecule has 3 aromatic heterocycles. The van der Waals surface area contributed by atoms with Crippen LogP contribution in [0.3, 0.4) is 0 Å². The van der Waals surface area contributed by atoms with E-state index in [1.165, 1.54) is 10.4 Å². The van der Waals surface area contributed by atoms with E-state index in [2.05, 4.69) is 33.2 Å². The van der Waals surface area contributed by atoms with Gasteiger partial charge in [0.2, 0.25) is 5.88 Å². The van der Waals surface area contributed by atoms with Crippen molar-refractivity contribution in [1.29, 1.82) is 0 Å². The van der Waals surface area contributed by atoms with Crippen molar-refractivity contribution in [2.75, 3.05) is 0 Å². The van der Waals surface area contributed by atoms with Crippen LogP contribution in [0.2, 0.25) is 0 Å². The minimum atomic E-state index is -0.124. The fourth-order valence-electron chi connectivity index (χ4n) is 2.91. The molecule has 0 atom stereocenters. The third kappa shape index (κ3) is 2.96. The zero-order chi connectivity index (χ0) is 18.2. The first-order valence-corrected chi connectivity index (χ1v) is 9.15. The molecule has 0 bridgehead atoms. The number of fused-ring (bicyclic) bond motifs is 2. The van der Waals surface area contributed by atoms with E-state index in [4.69, 9.17) is 4.74 Å². The van der Waals surface area contributed by atoms with Crippen molar-refractivity contribution in [3.63, 3.8) is 0 Å². The molecular formula is C21H13N3O2S. The molecule has 27 heavy (non-hydrogen) atoms. The van der Waals surface area contributed by atoms with E-state index in [0.717, 1.165) is 10.1 Å². The molecule has 0 aliphatic rings. The minimum absolute atomic E-state index is 0.0900. The molecule has 3 heterocycles. The standard InChI is InChI=1S/C21H13N3O2S/c25-20-16-8-9-22-12-17(16)23-21(24-20)26-15-7-6-14-10-18(27-19(14)11-15)13-4-2-1-3-5-13/h1-12H,(H,23,24,25). The summed E-state index contributed by atoms with van der Waals surface area (Å²) >= 11 is 1.70. The number of rotatable bonds is 3. The number of aromatic nitrogens is 3. The molecule has 0 saturated heterocycles. The van der Waals surface area contributed by atoms with Gasteiger partial charge in [0, 0.05) is 15.8 Å². The Morgan fingerprint density at radius 1 is 0.926 bits per heavy atom. The monoisotopic (exact) mass is 371 g/mol. The van der Waals surface area contributed by atoms with Crippen LogP contribution in [0.4, 0.5) is 0 Å². The van der Waals surface area contributed by atoms with Gasteiger partial charge in [0.15, 0.2) is 0 Å². The van der Waals surface area contributed by atoms with Crippen LogP contribution in [0, 0.1) is 0 Å². The number of hydrogen-bond donors (Lipinski definition) is 1. The second kappa shape index (κ2) is 6.34. The number of benzene rings is 2. The first-order valence-electron chi connectivity index (χ1n) is 8.34. The molecule has 0 amide bonds. The van der Waals surface area contributed by atoms with Crippen molar-refractivity contribution < 1.29 is 9.84 Å². The van der Waals surface area contributed by atoms with Crippen molar-refractivity contribution in [2.24, 2.45) is 0 Å². The number of ether oxygens (including phenoxy) is 1. The first-order chi connectivity index (χ1) is 13.3. The van der Waals surface area contributed by atoms with E-state index in [9.17, 15) is 5.11 Å². The van der Waals surface area contributed by atoms with Crippen molar-refractivity contribution >= 4 is 32.3 Å². The molecule has 0 radical (unpaired) electrons. The molecule has 0 aliphatic carbocycles. The fourth-order valence-corrected chi connectivity index (χ4v) is 4.01. The quantitative estimate of drug-likeness (QED) is 0.460. The van der Waals surface area contributed by atoms with E-state index in [-0.39, 0.29) is 11.9 Å². The lowest BCUT2D eigenvalue weighted by Crippen LogP contribution is -1.93. The topological polar surface area (TPSA) is 68.1 Å². The summed E-state index contributed by atoms with van der Waals surface area (Å²) in [6.07, 6.45) is 3.15. The van der Waals surface area contributed by atoms with Gasteiger partial charge in [-0.3, -0.25) is 4.98 Å². The minimum Gasteiger partial charge on any atom is -0.493 e. The lowest BCUT2D eigenvalue weighted by atomic mass is 10.1. The largest absolute Gasteiger partial charge is 0.493 e. The van der Waals surface area contributed by atoms with E-state index >= 15 is 0 Å². The van der Waals surface area contributed by atoms with Gasteiger partial charge in [-0.2, -0.15) is 9.97 Å². The summed E-state index contributed by atoms with van der Waals surface area (Å²) in [5, 5.41) is 11.8. The third-order valence-corrected chi connectivity index (χ3v) is 5.36.